The Morgan fingerprint density at radius 2 is 1.67 bits per heavy atom. The molecule has 3 nitrogen and oxygen atoms in total. The van der Waals surface area contributed by atoms with Crippen molar-refractivity contribution in [2.45, 2.75) is 71.4 Å². The van der Waals surface area contributed by atoms with E-state index in [0.717, 1.165) is 31.6 Å². The highest BCUT2D eigenvalue weighted by Gasteiger charge is 2.38. The van der Waals surface area contributed by atoms with Crippen LogP contribution in [0.4, 0.5) is 0 Å². The number of hydrogen-bond donors (Lipinski definition) is 2. The van der Waals surface area contributed by atoms with Gasteiger partial charge in [0.2, 0.25) is 0 Å². The molecule has 2 fully saturated rings. The second-order valence-corrected chi connectivity index (χ2v) is 7.23. The zero-order chi connectivity index (χ0) is 13.3. The lowest BCUT2D eigenvalue weighted by Crippen LogP contribution is -2.46. The van der Waals surface area contributed by atoms with E-state index >= 15 is 0 Å². The van der Waals surface area contributed by atoms with Crippen LogP contribution in [-0.4, -0.2) is 23.2 Å². The van der Waals surface area contributed by atoms with Crippen molar-refractivity contribution in [2.24, 2.45) is 17.3 Å². The average molecular weight is 253 g/mol. The van der Waals surface area contributed by atoms with Gasteiger partial charge in [0.05, 0.1) is 0 Å². The van der Waals surface area contributed by atoms with E-state index in [0.29, 0.717) is 17.4 Å². The van der Waals surface area contributed by atoms with Crippen LogP contribution in [0.2, 0.25) is 0 Å². The van der Waals surface area contributed by atoms with Gasteiger partial charge in [0, 0.05) is 6.04 Å². The third-order valence-electron chi connectivity index (χ3n) is 4.73. The number of nitrogens with one attached hydrogen (secondary N) is 1. The van der Waals surface area contributed by atoms with E-state index < -0.39 is 5.97 Å². The summed E-state index contributed by atoms with van der Waals surface area (Å²) in [6.07, 6.45) is 6.91. The fraction of sp³-hybridized carbons (Fsp3) is 0.933. The van der Waals surface area contributed by atoms with Crippen LogP contribution in [0.25, 0.3) is 0 Å². The molecule has 1 atom stereocenters. The van der Waals surface area contributed by atoms with E-state index in [1.165, 1.54) is 12.8 Å². The maximum atomic E-state index is 11.2. The second-order valence-electron chi connectivity index (χ2n) is 7.23. The summed E-state index contributed by atoms with van der Waals surface area (Å²) >= 11 is 0. The SMILES string of the molecule is CC(C)(C)C1CCC(NC(C(=O)O)C2CC2)CC1. The van der Waals surface area contributed by atoms with Crippen LogP contribution in [0.3, 0.4) is 0 Å². The van der Waals surface area contributed by atoms with Crippen molar-refractivity contribution >= 4 is 5.97 Å². The van der Waals surface area contributed by atoms with Gasteiger partial charge >= 0.3 is 5.97 Å². The van der Waals surface area contributed by atoms with Crippen molar-refractivity contribution < 1.29 is 9.90 Å². The third kappa shape index (κ3) is 3.47. The number of aliphatic carboxylic acids is 1. The Morgan fingerprint density at radius 1 is 1.11 bits per heavy atom. The van der Waals surface area contributed by atoms with Crippen LogP contribution in [0, 0.1) is 17.3 Å². The van der Waals surface area contributed by atoms with E-state index in [1.807, 2.05) is 0 Å². The van der Waals surface area contributed by atoms with Crippen LogP contribution in [0.1, 0.15) is 59.3 Å². The monoisotopic (exact) mass is 253 g/mol. The molecule has 0 spiro atoms. The highest BCUT2D eigenvalue weighted by Crippen LogP contribution is 2.39. The minimum atomic E-state index is -0.657. The fourth-order valence-electron chi connectivity index (χ4n) is 3.22. The molecule has 0 bridgehead atoms. The molecule has 0 saturated heterocycles. The third-order valence-corrected chi connectivity index (χ3v) is 4.73. The van der Waals surface area contributed by atoms with Crippen molar-refractivity contribution in [1.29, 1.82) is 0 Å². The normalized spacial score (nSPS) is 31.1. The first-order valence-electron chi connectivity index (χ1n) is 7.37. The van der Waals surface area contributed by atoms with Crippen molar-refractivity contribution in [3.63, 3.8) is 0 Å². The van der Waals surface area contributed by atoms with Gasteiger partial charge in [-0.3, -0.25) is 4.79 Å². The van der Waals surface area contributed by atoms with Gasteiger partial charge in [-0.25, -0.2) is 0 Å². The zero-order valence-electron chi connectivity index (χ0n) is 11.9. The molecule has 2 rings (SSSR count). The number of carboxylic acids is 1. The van der Waals surface area contributed by atoms with E-state index in [-0.39, 0.29) is 6.04 Å². The Labute approximate surface area is 110 Å². The van der Waals surface area contributed by atoms with E-state index in [2.05, 4.69) is 26.1 Å². The summed E-state index contributed by atoms with van der Waals surface area (Å²) in [4.78, 5) is 11.2. The molecule has 2 aliphatic rings. The molecule has 0 heterocycles. The minimum Gasteiger partial charge on any atom is -0.480 e. The largest absolute Gasteiger partial charge is 0.480 e. The van der Waals surface area contributed by atoms with Gasteiger partial charge in [0.25, 0.3) is 0 Å². The van der Waals surface area contributed by atoms with Crippen molar-refractivity contribution in [2.75, 3.05) is 0 Å². The van der Waals surface area contributed by atoms with Crippen LogP contribution in [0.15, 0.2) is 0 Å². The average Bonchev–Trinajstić information content (AvgIpc) is 3.08. The lowest BCUT2D eigenvalue weighted by atomic mass is 9.71. The first-order chi connectivity index (χ1) is 8.38. The Morgan fingerprint density at radius 3 is 2.06 bits per heavy atom. The molecule has 0 amide bonds. The summed E-state index contributed by atoms with van der Waals surface area (Å²) in [6.45, 7) is 6.95. The van der Waals surface area contributed by atoms with Gasteiger partial charge in [0.15, 0.2) is 0 Å². The molecule has 0 radical (unpaired) electrons. The van der Waals surface area contributed by atoms with E-state index in [9.17, 15) is 9.90 Å². The molecule has 2 N–H and O–H groups in total. The Kier molecular flexibility index (Phi) is 4.00. The standard InChI is InChI=1S/C15H27NO2/c1-15(2,3)11-6-8-12(9-7-11)16-13(14(17)18)10-4-5-10/h10-13,16H,4-9H2,1-3H3,(H,17,18). The summed E-state index contributed by atoms with van der Waals surface area (Å²) in [5, 5.41) is 12.6. The fourth-order valence-corrected chi connectivity index (χ4v) is 3.22. The number of carbonyl (C=O) groups is 1. The molecule has 0 aromatic heterocycles. The number of rotatable bonds is 4. The Balaban J connectivity index is 1.81. The van der Waals surface area contributed by atoms with Crippen LogP contribution in [0.5, 0.6) is 0 Å². The smallest absolute Gasteiger partial charge is 0.320 e. The first kappa shape index (κ1) is 13.9. The molecule has 18 heavy (non-hydrogen) atoms. The lowest BCUT2D eigenvalue weighted by Gasteiger charge is -2.38. The van der Waals surface area contributed by atoms with Gasteiger partial charge in [-0.1, -0.05) is 20.8 Å². The first-order valence-corrected chi connectivity index (χ1v) is 7.37. The van der Waals surface area contributed by atoms with Crippen molar-refractivity contribution in [3.8, 4) is 0 Å². The highest BCUT2D eigenvalue weighted by molar-refractivity contribution is 5.74. The quantitative estimate of drug-likeness (QED) is 0.809. The lowest BCUT2D eigenvalue weighted by molar-refractivity contribution is -0.140. The van der Waals surface area contributed by atoms with Gasteiger partial charge < -0.3 is 10.4 Å². The van der Waals surface area contributed by atoms with Crippen molar-refractivity contribution in [1.82, 2.24) is 5.32 Å². The topological polar surface area (TPSA) is 49.3 Å². The summed E-state index contributed by atoms with van der Waals surface area (Å²) in [6, 6.07) is 0.131. The number of hydrogen-bond acceptors (Lipinski definition) is 2. The van der Waals surface area contributed by atoms with Crippen molar-refractivity contribution in [3.05, 3.63) is 0 Å². The predicted octanol–water partition coefficient (Wildman–Crippen LogP) is 3.04. The summed E-state index contributed by atoms with van der Waals surface area (Å²) in [7, 11) is 0. The molecule has 1 unspecified atom stereocenters. The molecular weight excluding hydrogens is 226 g/mol. The molecule has 0 aromatic rings. The van der Waals surface area contributed by atoms with Gasteiger partial charge in [-0.05, 0) is 55.8 Å². The zero-order valence-corrected chi connectivity index (χ0v) is 11.9. The van der Waals surface area contributed by atoms with E-state index in [4.69, 9.17) is 0 Å². The predicted molar refractivity (Wildman–Crippen MR) is 72.5 cm³/mol. The summed E-state index contributed by atoms with van der Waals surface area (Å²) in [5.41, 5.74) is 0.396. The molecule has 0 aliphatic heterocycles. The summed E-state index contributed by atoms with van der Waals surface area (Å²) in [5.74, 6) is 0.526. The Hall–Kier alpha value is -0.570. The molecule has 2 saturated carbocycles. The van der Waals surface area contributed by atoms with Gasteiger partial charge in [-0.2, -0.15) is 0 Å². The molecule has 104 valence electrons. The number of carboxylic acid groups (broad SMARTS) is 1. The Bertz CT molecular complexity index is 296. The molecule has 3 heteroatoms. The van der Waals surface area contributed by atoms with Crippen LogP contribution < -0.4 is 5.32 Å². The second kappa shape index (κ2) is 5.20. The molecule has 2 aliphatic carbocycles. The van der Waals surface area contributed by atoms with Crippen LogP contribution in [-0.2, 0) is 4.79 Å². The van der Waals surface area contributed by atoms with Gasteiger partial charge in [-0.15, -0.1) is 0 Å². The highest BCUT2D eigenvalue weighted by atomic mass is 16.4. The maximum absolute atomic E-state index is 11.2. The van der Waals surface area contributed by atoms with Gasteiger partial charge in [0.1, 0.15) is 6.04 Å². The molecular formula is C15H27NO2. The van der Waals surface area contributed by atoms with E-state index in [1.54, 1.807) is 0 Å². The van der Waals surface area contributed by atoms with Crippen LogP contribution >= 0.6 is 0 Å². The minimum absolute atomic E-state index is 0.291. The maximum Gasteiger partial charge on any atom is 0.320 e. The molecule has 0 aromatic carbocycles. The summed E-state index contributed by atoms with van der Waals surface area (Å²) < 4.78 is 0.